The Morgan fingerprint density at radius 1 is 0.939 bits per heavy atom. The molecule has 1 fully saturated rings. The summed E-state index contributed by atoms with van der Waals surface area (Å²) < 4.78 is 58.4. The maximum atomic E-state index is 13.4. The van der Waals surface area contributed by atoms with E-state index in [1.165, 1.54) is 37.8 Å². The van der Waals surface area contributed by atoms with Gasteiger partial charge in [-0.3, -0.25) is 4.90 Å². The van der Waals surface area contributed by atoms with Crippen molar-refractivity contribution >= 4 is 15.7 Å². The van der Waals surface area contributed by atoms with Gasteiger partial charge in [0, 0.05) is 59.2 Å². The average molecular weight is 480 g/mol. The molecule has 2 aliphatic heterocycles. The Hall–Kier alpha value is -2.24. The highest BCUT2D eigenvalue weighted by Gasteiger charge is 2.49. The molecule has 0 amide bonds. The summed E-state index contributed by atoms with van der Waals surface area (Å²) in [5, 5.41) is 0. The number of rotatable bonds is 7. The van der Waals surface area contributed by atoms with Crippen LogP contribution in [0.5, 0.6) is 5.75 Å². The smallest absolute Gasteiger partial charge is 0.243 e. The number of halogens is 1. The Labute approximate surface area is 194 Å². The molecule has 10 heteroatoms. The summed E-state index contributed by atoms with van der Waals surface area (Å²) in [7, 11) is 0.761. The molecule has 8 nitrogen and oxygen atoms in total. The maximum absolute atomic E-state index is 13.4. The highest BCUT2D eigenvalue weighted by molar-refractivity contribution is 7.89. The van der Waals surface area contributed by atoms with Crippen molar-refractivity contribution in [3.63, 3.8) is 0 Å². The van der Waals surface area contributed by atoms with Crippen LogP contribution in [0.2, 0.25) is 0 Å². The van der Waals surface area contributed by atoms with Crippen LogP contribution < -0.4 is 9.64 Å². The summed E-state index contributed by atoms with van der Waals surface area (Å²) in [6, 6.07) is 11.4. The minimum Gasteiger partial charge on any atom is -0.496 e. The molecular weight excluding hydrogens is 449 g/mol. The second kappa shape index (κ2) is 9.55. The monoisotopic (exact) mass is 479 g/mol. The van der Waals surface area contributed by atoms with Gasteiger partial charge in [0.1, 0.15) is 11.6 Å². The van der Waals surface area contributed by atoms with Crippen LogP contribution in [0.3, 0.4) is 0 Å². The van der Waals surface area contributed by atoms with Crippen molar-refractivity contribution in [3.8, 4) is 5.75 Å². The molecule has 2 aromatic rings. The minimum atomic E-state index is -3.74. The van der Waals surface area contributed by atoms with Crippen LogP contribution in [-0.2, 0) is 25.3 Å². The van der Waals surface area contributed by atoms with Gasteiger partial charge in [-0.25, -0.2) is 12.8 Å². The van der Waals surface area contributed by atoms with Crippen LogP contribution >= 0.6 is 0 Å². The van der Waals surface area contributed by atoms with Crippen molar-refractivity contribution in [1.29, 1.82) is 0 Å². The molecule has 33 heavy (non-hydrogen) atoms. The molecule has 0 spiro atoms. The van der Waals surface area contributed by atoms with Gasteiger partial charge in [-0.15, -0.1) is 0 Å². The molecule has 180 valence electrons. The van der Waals surface area contributed by atoms with E-state index in [-0.39, 0.29) is 17.3 Å². The Morgan fingerprint density at radius 3 is 2.21 bits per heavy atom. The van der Waals surface area contributed by atoms with Crippen molar-refractivity contribution < 1.29 is 27.0 Å². The van der Waals surface area contributed by atoms with Gasteiger partial charge < -0.3 is 19.1 Å². The molecule has 2 heterocycles. The summed E-state index contributed by atoms with van der Waals surface area (Å²) in [6.45, 7) is 4.08. The molecule has 0 bridgehead atoms. The van der Waals surface area contributed by atoms with Crippen molar-refractivity contribution in [2.75, 3.05) is 72.0 Å². The number of hydrogen-bond acceptors (Lipinski definition) is 7. The fraction of sp³-hybridized carbons (Fsp3) is 0.478. The van der Waals surface area contributed by atoms with E-state index >= 15 is 0 Å². The van der Waals surface area contributed by atoms with E-state index in [2.05, 4.69) is 9.80 Å². The van der Waals surface area contributed by atoms with Gasteiger partial charge in [-0.05, 0) is 36.4 Å². The largest absolute Gasteiger partial charge is 0.496 e. The lowest BCUT2D eigenvalue weighted by Crippen LogP contribution is -2.54. The Bertz CT molecular complexity index is 1070. The van der Waals surface area contributed by atoms with Gasteiger partial charge in [-0.1, -0.05) is 6.07 Å². The number of nitrogens with zero attached hydrogens (tertiary/aromatic N) is 3. The molecule has 0 radical (unpaired) electrons. The van der Waals surface area contributed by atoms with Gasteiger partial charge >= 0.3 is 0 Å². The average Bonchev–Trinajstić information content (AvgIpc) is 2.84. The van der Waals surface area contributed by atoms with E-state index in [1.807, 2.05) is 0 Å². The van der Waals surface area contributed by atoms with E-state index in [0.29, 0.717) is 24.4 Å². The lowest BCUT2D eigenvalue weighted by Gasteiger charge is -2.42. The third kappa shape index (κ3) is 4.45. The van der Waals surface area contributed by atoms with E-state index < -0.39 is 15.8 Å². The Morgan fingerprint density at radius 2 is 1.61 bits per heavy atom. The number of fused-ring (bicyclic) bond motifs is 1. The van der Waals surface area contributed by atoms with Crippen LogP contribution in [0.1, 0.15) is 5.56 Å². The predicted molar refractivity (Wildman–Crippen MR) is 123 cm³/mol. The number of anilines is 1. The van der Waals surface area contributed by atoms with Crippen molar-refractivity contribution in [1.82, 2.24) is 9.21 Å². The first-order chi connectivity index (χ1) is 15.8. The molecule has 0 unspecified atom stereocenters. The van der Waals surface area contributed by atoms with Crippen LogP contribution in [0.4, 0.5) is 10.1 Å². The van der Waals surface area contributed by atoms with Crippen LogP contribution in [0, 0.1) is 5.82 Å². The summed E-state index contributed by atoms with van der Waals surface area (Å²) in [6.07, 6.45) is 0. The number of methoxy groups -OCH3 is 3. The maximum Gasteiger partial charge on any atom is 0.243 e. The van der Waals surface area contributed by atoms with E-state index in [0.717, 1.165) is 31.9 Å². The first-order valence-corrected chi connectivity index (χ1v) is 12.3. The lowest BCUT2D eigenvalue weighted by atomic mass is 10.0. The van der Waals surface area contributed by atoms with Gasteiger partial charge in [0.25, 0.3) is 0 Å². The summed E-state index contributed by atoms with van der Waals surface area (Å²) in [4.78, 5) is 4.58. The van der Waals surface area contributed by atoms with E-state index in [9.17, 15) is 12.8 Å². The second-order valence-corrected chi connectivity index (χ2v) is 10.0. The molecule has 1 saturated heterocycles. The first-order valence-electron chi connectivity index (χ1n) is 10.9. The SMILES string of the molecule is COc1cccc2c1C(OC)(OC)CN(CCN1CCN(c3ccc(F)cc3)CC1)S2(=O)=O. The molecular formula is C23H30FN3O5S. The lowest BCUT2D eigenvalue weighted by molar-refractivity contribution is -0.224. The highest BCUT2D eigenvalue weighted by atomic mass is 32.2. The number of ether oxygens (including phenoxy) is 3. The Balaban J connectivity index is 1.47. The molecule has 2 aromatic carbocycles. The van der Waals surface area contributed by atoms with Crippen LogP contribution in [-0.4, -0.2) is 84.8 Å². The van der Waals surface area contributed by atoms with Gasteiger partial charge in [0.05, 0.1) is 24.1 Å². The first kappa shape index (κ1) is 23.9. The molecule has 0 atom stereocenters. The molecule has 2 aliphatic rings. The summed E-state index contributed by atoms with van der Waals surface area (Å²) >= 11 is 0. The zero-order chi connectivity index (χ0) is 23.6. The van der Waals surface area contributed by atoms with E-state index in [4.69, 9.17) is 14.2 Å². The predicted octanol–water partition coefficient (Wildman–Crippen LogP) is 2.11. The van der Waals surface area contributed by atoms with Gasteiger partial charge in [-0.2, -0.15) is 4.31 Å². The van der Waals surface area contributed by atoms with Crippen molar-refractivity contribution in [2.24, 2.45) is 0 Å². The molecule has 4 rings (SSSR count). The molecule has 0 saturated carbocycles. The fourth-order valence-corrected chi connectivity index (χ4v) is 6.26. The number of sulfonamides is 1. The third-order valence-electron chi connectivity index (χ3n) is 6.48. The highest BCUT2D eigenvalue weighted by Crippen LogP contribution is 2.44. The summed E-state index contributed by atoms with van der Waals surface area (Å²) in [5.74, 6) is -1.09. The van der Waals surface area contributed by atoms with Crippen LogP contribution in [0.25, 0.3) is 0 Å². The third-order valence-corrected chi connectivity index (χ3v) is 8.37. The van der Waals surface area contributed by atoms with Crippen LogP contribution in [0.15, 0.2) is 47.4 Å². The standard InChI is InChI=1S/C23H30FN3O5S/c1-30-20-5-4-6-21-22(20)23(31-2,32-3)17-27(33(21,28)29)16-13-25-11-14-26(15-12-25)19-9-7-18(24)8-10-19/h4-10H,11-17H2,1-3H3. The van der Waals surface area contributed by atoms with Crippen molar-refractivity contribution in [3.05, 3.63) is 53.8 Å². The number of hydrogen-bond donors (Lipinski definition) is 0. The summed E-state index contributed by atoms with van der Waals surface area (Å²) in [5.41, 5.74) is 1.38. The molecule has 0 N–H and O–H groups in total. The zero-order valence-corrected chi connectivity index (χ0v) is 20.0. The number of benzene rings is 2. The zero-order valence-electron chi connectivity index (χ0n) is 19.2. The molecule has 0 aliphatic carbocycles. The van der Waals surface area contributed by atoms with E-state index in [1.54, 1.807) is 30.3 Å². The Kier molecular flexibility index (Phi) is 6.92. The van der Waals surface area contributed by atoms with Gasteiger partial charge in [0.2, 0.25) is 15.8 Å². The topological polar surface area (TPSA) is 71.6 Å². The number of piperazine rings is 1. The fourth-order valence-electron chi connectivity index (χ4n) is 4.56. The molecule has 0 aromatic heterocycles. The van der Waals surface area contributed by atoms with Gasteiger partial charge in [0.15, 0.2) is 0 Å². The normalized spacial score (nSPS) is 20.4. The minimum absolute atomic E-state index is 0.0330. The van der Waals surface area contributed by atoms with Crippen molar-refractivity contribution in [2.45, 2.75) is 10.7 Å². The quantitative estimate of drug-likeness (QED) is 0.564. The second-order valence-electron chi connectivity index (χ2n) is 8.14.